The van der Waals surface area contributed by atoms with Gasteiger partial charge in [-0.25, -0.2) is 4.98 Å². The van der Waals surface area contributed by atoms with Crippen molar-refractivity contribution in [3.05, 3.63) is 40.6 Å². The van der Waals surface area contributed by atoms with Gasteiger partial charge in [0.15, 0.2) is 0 Å². The molecule has 1 saturated heterocycles. The number of non-ortho nitro benzene ring substituents is 1. The summed E-state index contributed by atoms with van der Waals surface area (Å²) >= 11 is 2.02. The molecule has 0 unspecified atom stereocenters. The molecule has 1 N–H and O–H groups in total. The zero-order valence-corrected chi connectivity index (χ0v) is 12.4. The number of rotatable bonds is 4. The van der Waals surface area contributed by atoms with Crippen LogP contribution in [0.3, 0.4) is 0 Å². The Kier molecular flexibility index (Phi) is 4.24. The van der Waals surface area contributed by atoms with Gasteiger partial charge in [0.05, 0.1) is 4.92 Å². The van der Waals surface area contributed by atoms with Gasteiger partial charge in [-0.05, 0) is 36.3 Å². The van der Waals surface area contributed by atoms with Crippen LogP contribution in [-0.4, -0.2) is 28.0 Å². The first kappa shape index (κ1) is 14.1. The fourth-order valence-electron chi connectivity index (χ4n) is 2.67. The van der Waals surface area contributed by atoms with Crippen LogP contribution in [0.25, 0.3) is 10.9 Å². The van der Waals surface area contributed by atoms with Gasteiger partial charge in [-0.1, -0.05) is 12.1 Å². The van der Waals surface area contributed by atoms with E-state index in [9.17, 15) is 10.1 Å². The summed E-state index contributed by atoms with van der Waals surface area (Å²) < 4.78 is 0. The third-order valence-corrected chi connectivity index (χ3v) is 4.92. The van der Waals surface area contributed by atoms with E-state index >= 15 is 0 Å². The highest BCUT2D eigenvalue weighted by Gasteiger charge is 2.16. The number of para-hydroxylation sites is 1. The van der Waals surface area contributed by atoms with Crippen LogP contribution < -0.4 is 5.32 Å². The quantitative estimate of drug-likeness (QED) is 0.689. The van der Waals surface area contributed by atoms with Crippen molar-refractivity contribution >= 4 is 34.0 Å². The fourth-order valence-corrected chi connectivity index (χ4v) is 3.87. The van der Waals surface area contributed by atoms with Crippen LogP contribution >= 0.6 is 11.8 Å². The van der Waals surface area contributed by atoms with E-state index in [1.165, 1.54) is 30.4 Å². The van der Waals surface area contributed by atoms with E-state index in [0.29, 0.717) is 11.4 Å². The molecule has 21 heavy (non-hydrogen) atoms. The Morgan fingerprint density at radius 1 is 1.33 bits per heavy atom. The molecule has 1 aliphatic rings. The number of benzene rings is 1. The highest BCUT2D eigenvalue weighted by molar-refractivity contribution is 7.99. The van der Waals surface area contributed by atoms with Crippen LogP contribution in [0.1, 0.15) is 12.8 Å². The number of anilines is 1. The SMILES string of the molecule is O=[N+]([O-])c1cccc2c(NCC3CCSCC3)ccnc12. The second-order valence-electron chi connectivity index (χ2n) is 5.23. The number of hydrogen-bond donors (Lipinski definition) is 1. The lowest BCUT2D eigenvalue weighted by molar-refractivity contribution is -0.383. The summed E-state index contributed by atoms with van der Waals surface area (Å²) in [6.07, 6.45) is 4.11. The topological polar surface area (TPSA) is 68.1 Å². The van der Waals surface area contributed by atoms with Gasteiger partial charge in [0.25, 0.3) is 5.69 Å². The van der Waals surface area contributed by atoms with Gasteiger partial charge in [0.1, 0.15) is 5.52 Å². The molecule has 0 atom stereocenters. The number of nitro benzene ring substituents is 1. The van der Waals surface area contributed by atoms with Gasteiger partial charge in [-0.15, -0.1) is 0 Å². The second-order valence-corrected chi connectivity index (χ2v) is 6.45. The summed E-state index contributed by atoms with van der Waals surface area (Å²) in [4.78, 5) is 14.9. The highest BCUT2D eigenvalue weighted by atomic mass is 32.2. The fraction of sp³-hybridized carbons (Fsp3) is 0.400. The Hall–Kier alpha value is -1.82. The number of nitrogens with zero attached hydrogens (tertiary/aromatic N) is 2. The molecule has 6 heteroatoms. The zero-order valence-electron chi connectivity index (χ0n) is 11.6. The molecular weight excluding hydrogens is 286 g/mol. The molecule has 0 radical (unpaired) electrons. The number of thioether (sulfide) groups is 1. The molecule has 2 heterocycles. The minimum absolute atomic E-state index is 0.0604. The Labute approximate surface area is 127 Å². The van der Waals surface area contributed by atoms with E-state index in [-0.39, 0.29) is 10.6 Å². The van der Waals surface area contributed by atoms with E-state index in [2.05, 4.69) is 10.3 Å². The predicted molar refractivity (Wildman–Crippen MR) is 86.9 cm³/mol. The summed E-state index contributed by atoms with van der Waals surface area (Å²) in [6.45, 7) is 0.919. The Bertz CT molecular complexity index is 656. The van der Waals surface area contributed by atoms with Crippen LogP contribution in [-0.2, 0) is 0 Å². The maximum atomic E-state index is 11.1. The summed E-state index contributed by atoms with van der Waals surface area (Å²) in [5, 5.41) is 15.3. The second kappa shape index (κ2) is 6.30. The molecule has 2 aromatic rings. The highest BCUT2D eigenvalue weighted by Crippen LogP contribution is 2.29. The van der Waals surface area contributed by atoms with E-state index in [0.717, 1.165) is 17.6 Å². The van der Waals surface area contributed by atoms with Crippen LogP contribution in [0.15, 0.2) is 30.5 Å². The molecule has 0 spiro atoms. The van der Waals surface area contributed by atoms with Gasteiger partial charge in [-0.3, -0.25) is 10.1 Å². The minimum Gasteiger partial charge on any atom is -0.384 e. The molecule has 0 saturated carbocycles. The molecule has 1 aliphatic heterocycles. The summed E-state index contributed by atoms with van der Waals surface area (Å²) in [7, 11) is 0. The lowest BCUT2D eigenvalue weighted by Gasteiger charge is -2.22. The van der Waals surface area contributed by atoms with Crippen molar-refractivity contribution in [1.29, 1.82) is 0 Å². The Morgan fingerprint density at radius 2 is 2.14 bits per heavy atom. The van der Waals surface area contributed by atoms with Gasteiger partial charge >= 0.3 is 0 Å². The number of aromatic nitrogens is 1. The van der Waals surface area contributed by atoms with E-state index in [1.807, 2.05) is 23.9 Å². The molecule has 0 amide bonds. The molecule has 1 aromatic carbocycles. The molecule has 1 fully saturated rings. The van der Waals surface area contributed by atoms with Crippen LogP contribution in [0.5, 0.6) is 0 Å². The summed E-state index contributed by atoms with van der Waals surface area (Å²) in [5.41, 5.74) is 1.44. The number of hydrogen-bond acceptors (Lipinski definition) is 5. The average Bonchev–Trinajstić information content (AvgIpc) is 2.53. The maximum Gasteiger partial charge on any atom is 0.295 e. The van der Waals surface area contributed by atoms with Crippen molar-refractivity contribution in [2.24, 2.45) is 5.92 Å². The molecule has 5 nitrogen and oxygen atoms in total. The smallest absolute Gasteiger partial charge is 0.295 e. The normalized spacial score (nSPS) is 16.0. The first-order chi connectivity index (χ1) is 10.3. The predicted octanol–water partition coefficient (Wildman–Crippen LogP) is 3.70. The Balaban J connectivity index is 1.85. The van der Waals surface area contributed by atoms with Crippen LogP contribution in [0.2, 0.25) is 0 Å². The molecule has 3 rings (SSSR count). The van der Waals surface area contributed by atoms with Crippen molar-refractivity contribution < 1.29 is 4.92 Å². The first-order valence-electron chi connectivity index (χ1n) is 7.09. The summed E-state index contributed by atoms with van der Waals surface area (Å²) in [6, 6.07) is 6.99. The number of nitro groups is 1. The zero-order chi connectivity index (χ0) is 14.7. The molecular formula is C15H17N3O2S. The van der Waals surface area contributed by atoms with Gasteiger partial charge in [-0.2, -0.15) is 11.8 Å². The average molecular weight is 303 g/mol. The van der Waals surface area contributed by atoms with Gasteiger partial charge in [0.2, 0.25) is 0 Å². The van der Waals surface area contributed by atoms with E-state index in [4.69, 9.17) is 0 Å². The molecule has 110 valence electrons. The Morgan fingerprint density at radius 3 is 2.90 bits per heavy atom. The standard InChI is InChI=1S/C15H17N3O2S/c19-18(20)14-3-1-2-12-13(4-7-16-15(12)14)17-10-11-5-8-21-9-6-11/h1-4,7,11H,5-6,8-10H2,(H,16,17). The van der Waals surface area contributed by atoms with Gasteiger partial charge in [0, 0.05) is 29.9 Å². The first-order valence-corrected chi connectivity index (χ1v) is 8.25. The monoisotopic (exact) mass is 303 g/mol. The van der Waals surface area contributed by atoms with Crippen LogP contribution in [0, 0.1) is 16.0 Å². The lowest BCUT2D eigenvalue weighted by Crippen LogP contribution is -2.19. The summed E-state index contributed by atoms with van der Waals surface area (Å²) in [5.74, 6) is 3.15. The van der Waals surface area contributed by atoms with Crippen molar-refractivity contribution in [2.45, 2.75) is 12.8 Å². The van der Waals surface area contributed by atoms with Gasteiger partial charge < -0.3 is 5.32 Å². The third kappa shape index (κ3) is 3.10. The molecule has 0 aliphatic carbocycles. The number of nitrogens with one attached hydrogen (secondary N) is 1. The largest absolute Gasteiger partial charge is 0.384 e. The van der Waals surface area contributed by atoms with Crippen molar-refractivity contribution in [3.8, 4) is 0 Å². The lowest BCUT2D eigenvalue weighted by atomic mass is 10.0. The number of pyridine rings is 1. The van der Waals surface area contributed by atoms with Crippen LogP contribution in [0.4, 0.5) is 11.4 Å². The molecule has 1 aromatic heterocycles. The maximum absolute atomic E-state index is 11.1. The third-order valence-electron chi connectivity index (χ3n) is 3.87. The van der Waals surface area contributed by atoms with Crippen molar-refractivity contribution in [3.63, 3.8) is 0 Å². The van der Waals surface area contributed by atoms with E-state index in [1.54, 1.807) is 12.3 Å². The van der Waals surface area contributed by atoms with Crippen molar-refractivity contribution in [2.75, 3.05) is 23.4 Å². The van der Waals surface area contributed by atoms with Crippen molar-refractivity contribution in [1.82, 2.24) is 4.98 Å². The molecule has 0 bridgehead atoms. The minimum atomic E-state index is -0.378. The van der Waals surface area contributed by atoms with E-state index < -0.39 is 0 Å². The number of fused-ring (bicyclic) bond motifs is 1.